The molecule has 0 aliphatic carbocycles. The molecule has 108 valence electrons. The summed E-state index contributed by atoms with van der Waals surface area (Å²) >= 11 is 1.64. The molecule has 0 unspecified atom stereocenters. The molecular formula is C13H17ClN4OS. The number of rotatable bonds is 3. The van der Waals surface area contributed by atoms with Crippen molar-refractivity contribution in [2.24, 2.45) is 11.8 Å². The summed E-state index contributed by atoms with van der Waals surface area (Å²) in [5, 5.41) is 9.54. The Bertz CT molecular complexity index is 546. The van der Waals surface area contributed by atoms with Crippen LogP contribution in [0, 0.1) is 11.8 Å². The molecule has 0 amide bonds. The van der Waals surface area contributed by atoms with Crippen LogP contribution in [-0.4, -0.2) is 41.2 Å². The van der Waals surface area contributed by atoms with Crippen molar-refractivity contribution in [3.05, 3.63) is 23.4 Å². The molecule has 0 aromatic carbocycles. The zero-order chi connectivity index (χ0) is 12.7. The average Bonchev–Trinajstić information content (AvgIpc) is 3.12. The van der Waals surface area contributed by atoms with Gasteiger partial charge in [-0.2, -0.15) is 4.98 Å². The standard InChI is InChI=1S/C13H16N4OS.ClH/c1-2-11(19-3-1)13-15-12(18-16-13)8-17-6-9-4-14-5-10(9)7-17;/h1-3,9-10,14H,4-8H2;1H/t9-,10+;. The molecule has 0 saturated carbocycles. The number of nitrogens with one attached hydrogen (secondary N) is 1. The van der Waals surface area contributed by atoms with Crippen LogP contribution < -0.4 is 5.32 Å². The fourth-order valence-corrected chi connectivity index (χ4v) is 3.75. The molecule has 5 nitrogen and oxygen atoms in total. The van der Waals surface area contributed by atoms with E-state index >= 15 is 0 Å². The minimum Gasteiger partial charge on any atom is -0.338 e. The topological polar surface area (TPSA) is 54.2 Å². The molecule has 2 aliphatic heterocycles. The Morgan fingerprint density at radius 1 is 1.35 bits per heavy atom. The van der Waals surface area contributed by atoms with E-state index in [0.29, 0.717) is 5.82 Å². The third kappa shape index (κ3) is 2.61. The highest BCUT2D eigenvalue weighted by Crippen LogP contribution is 2.28. The molecular weight excluding hydrogens is 296 g/mol. The van der Waals surface area contributed by atoms with Crippen LogP contribution in [-0.2, 0) is 6.54 Å². The number of nitrogens with zero attached hydrogens (tertiary/aromatic N) is 3. The highest BCUT2D eigenvalue weighted by Gasteiger charge is 2.36. The molecule has 2 aliphatic rings. The lowest BCUT2D eigenvalue weighted by atomic mass is 10.0. The van der Waals surface area contributed by atoms with Gasteiger partial charge in [-0.05, 0) is 36.4 Å². The van der Waals surface area contributed by atoms with E-state index in [4.69, 9.17) is 4.52 Å². The van der Waals surface area contributed by atoms with Gasteiger partial charge in [-0.3, -0.25) is 4.90 Å². The van der Waals surface area contributed by atoms with E-state index in [0.717, 1.165) is 55.3 Å². The van der Waals surface area contributed by atoms with E-state index in [1.807, 2.05) is 17.5 Å². The number of likely N-dealkylation sites (tertiary alicyclic amines) is 1. The summed E-state index contributed by atoms with van der Waals surface area (Å²) in [5.74, 6) is 3.06. The molecule has 2 aromatic heterocycles. The van der Waals surface area contributed by atoms with Crippen LogP contribution in [0.4, 0.5) is 0 Å². The predicted molar refractivity (Wildman–Crippen MR) is 80.0 cm³/mol. The van der Waals surface area contributed by atoms with Crippen LogP contribution in [0.2, 0.25) is 0 Å². The number of fused-ring (bicyclic) bond motifs is 1. The first-order valence-electron chi connectivity index (χ1n) is 6.68. The zero-order valence-corrected chi connectivity index (χ0v) is 12.6. The first-order chi connectivity index (χ1) is 9.38. The molecule has 0 radical (unpaired) electrons. The van der Waals surface area contributed by atoms with Crippen molar-refractivity contribution in [3.8, 4) is 10.7 Å². The van der Waals surface area contributed by atoms with Crippen molar-refractivity contribution in [2.75, 3.05) is 26.2 Å². The predicted octanol–water partition coefficient (Wildman–Crippen LogP) is 1.87. The van der Waals surface area contributed by atoms with Crippen molar-refractivity contribution in [1.29, 1.82) is 0 Å². The van der Waals surface area contributed by atoms with Gasteiger partial charge in [0.05, 0.1) is 11.4 Å². The maximum atomic E-state index is 5.36. The molecule has 2 aromatic rings. The molecule has 0 bridgehead atoms. The van der Waals surface area contributed by atoms with Gasteiger partial charge in [0, 0.05) is 13.1 Å². The third-order valence-corrected chi connectivity index (χ3v) is 4.90. The molecule has 4 heterocycles. The van der Waals surface area contributed by atoms with Crippen molar-refractivity contribution in [2.45, 2.75) is 6.54 Å². The molecule has 20 heavy (non-hydrogen) atoms. The summed E-state index contributed by atoms with van der Waals surface area (Å²) in [6.07, 6.45) is 0. The second-order valence-corrected chi connectivity index (χ2v) is 6.31. The highest BCUT2D eigenvalue weighted by molar-refractivity contribution is 7.13. The molecule has 0 spiro atoms. The Kier molecular flexibility index (Phi) is 4.07. The first-order valence-corrected chi connectivity index (χ1v) is 7.56. The lowest BCUT2D eigenvalue weighted by Gasteiger charge is -2.13. The maximum Gasteiger partial charge on any atom is 0.241 e. The SMILES string of the molecule is Cl.c1csc(-c2noc(CN3C[C@H]4CNC[C@H]4C3)n2)c1. The van der Waals surface area contributed by atoms with Gasteiger partial charge in [-0.15, -0.1) is 23.7 Å². The minimum atomic E-state index is 0. The van der Waals surface area contributed by atoms with Gasteiger partial charge in [0.2, 0.25) is 11.7 Å². The van der Waals surface area contributed by atoms with Crippen LogP contribution in [0.25, 0.3) is 10.7 Å². The van der Waals surface area contributed by atoms with E-state index in [1.165, 1.54) is 0 Å². The van der Waals surface area contributed by atoms with Gasteiger partial charge in [-0.25, -0.2) is 0 Å². The van der Waals surface area contributed by atoms with Crippen molar-refractivity contribution < 1.29 is 4.52 Å². The van der Waals surface area contributed by atoms with Crippen LogP contribution in [0.5, 0.6) is 0 Å². The Labute approximate surface area is 127 Å². The number of hydrogen-bond acceptors (Lipinski definition) is 6. The van der Waals surface area contributed by atoms with Crippen molar-refractivity contribution >= 4 is 23.7 Å². The van der Waals surface area contributed by atoms with Crippen molar-refractivity contribution in [1.82, 2.24) is 20.4 Å². The second-order valence-electron chi connectivity index (χ2n) is 5.36. The van der Waals surface area contributed by atoms with Gasteiger partial charge in [-0.1, -0.05) is 11.2 Å². The second kappa shape index (κ2) is 5.81. The minimum absolute atomic E-state index is 0. The Morgan fingerprint density at radius 3 is 2.85 bits per heavy atom. The van der Waals surface area contributed by atoms with Crippen LogP contribution in [0.3, 0.4) is 0 Å². The maximum absolute atomic E-state index is 5.36. The Hall–Kier alpha value is -0.950. The van der Waals surface area contributed by atoms with Gasteiger partial charge >= 0.3 is 0 Å². The van der Waals surface area contributed by atoms with Crippen molar-refractivity contribution in [3.63, 3.8) is 0 Å². The molecule has 2 saturated heterocycles. The number of hydrogen-bond donors (Lipinski definition) is 1. The molecule has 4 rings (SSSR count). The highest BCUT2D eigenvalue weighted by atomic mass is 35.5. The van der Waals surface area contributed by atoms with Gasteiger partial charge in [0.25, 0.3) is 0 Å². The quantitative estimate of drug-likeness (QED) is 0.937. The van der Waals surface area contributed by atoms with E-state index in [9.17, 15) is 0 Å². The first kappa shape index (κ1) is 14.0. The third-order valence-electron chi connectivity index (χ3n) is 4.03. The largest absolute Gasteiger partial charge is 0.338 e. The van der Waals surface area contributed by atoms with E-state index in [-0.39, 0.29) is 12.4 Å². The molecule has 2 fully saturated rings. The summed E-state index contributed by atoms with van der Waals surface area (Å²) in [7, 11) is 0. The smallest absolute Gasteiger partial charge is 0.241 e. The molecule has 7 heteroatoms. The fourth-order valence-electron chi connectivity index (χ4n) is 3.10. The summed E-state index contributed by atoms with van der Waals surface area (Å²) in [6, 6.07) is 4.02. The van der Waals surface area contributed by atoms with Gasteiger partial charge < -0.3 is 9.84 Å². The number of thiophene rings is 1. The van der Waals surface area contributed by atoms with E-state index in [2.05, 4.69) is 20.4 Å². The summed E-state index contributed by atoms with van der Waals surface area (Å²) in [6.45, 7) is 5.39. The summed E-state index contributed by atoms with van der Waals surface area (Å²) in [5.41, 5.74) is 0. The van der Waals surface area contributed by atoms with Crippen LogP contribution in [0.1, 0.15) is 5.89 Å². The van der Waals surface area contributed by atoms with E-state index < -0.39 is 0 Å². The number of halogens is 1. The van der Waals surface area contributed by atoms with Gasteiger partial charge in [0.15, 0.2) is 0 Å². The monoisotopic (exact) mass is 312 g/mol. The van der Waals surface area contributed by atoms with Crippen LogP contribution in [0.15, 0.2) is 22.0 Å². The van der Waals surface area contributed by atoms with Crippen LogP contribution >= 0.6 is 23.7 Å². The zero-order valence-electron chi connectivity index (χ0n) is 11.0. The normalized spacial score (nSPS) is 25.6. The lowest BCUT2D eigenvalue weighted by molar-refractivity contribution is 0.253. The lowest BCUT2D eigenvalue weighted by Crippen LogP contribution is -2.25. The van der Waals surface area contributed by atoms with E-state index in [1.54, 1.807) is 11.3 Å². The summed E-state index contributed by atoms with van der Waals surface area (Å²) in [4.78, 5) is 7.99. The summed E-state index contributed by atoms with van der Waals surface area (Å²) < 4.78 is 5.36. The van der Waals surface area contributed by atoms with Gasteiger partial charge in [0.1, 0.15) is 0 Å². The Morgan fingerprint density at radius 2 is 2.15 bits per heavy atom. The fraction of sp³-hybridized carbons (Fsp3) is 0.538. The molecule has 1 N–H and O–H groups in total. The number of aromatic nitrogens is 2. The average molecular weight is 313 g/mol. The molecule has 2 atom stereocenters. The Balaban J connectivity index is 0.00000121.